The van der Waals surface area contributed by atoms with Crippen LogP contribution in [0.2, 0.25) is 0 Å². The molecule has 0 nitrogen and oxygen atoms in total. The minimum Gasteiger partial charge on any atom is -1.00 e. The molecule has 0 radical (unpaired) electrons. The van der Waals surface area contributed by atoms with Crippen LogP contribution in [0, 0.1) is 0 Å². The average molecular weight is 473 g/mol. The molecule has 0 saturated heterocycles. The van der Waals surface area contributed by atoms with Crippen molar-refractivity contribution in [2.75, 3.05) is 13.3 Å². The SMILES string of the molecule is CP(C)C(=Cc1ccccc1)c1ccccc1.[Cl-].[Cl-].[Cl-].[Cl-].[Zr+4]. The van der Waals surface area contributed by atoms with E-state index in [9.17, 15) is 0 Å². The molecule has 0 aliphatic heterocycles. The van der Waals surface area contributed by atoms with E-state index >= 15 is 0 Å². The van der Waals surface area contributed by atoms with Crippen molar-refractivity contribution in [1.82, 2.24) is 0 Å². The Hall–Kier alpha value is 0.653. The van der Waals surface area contributed by atoms with Gasteiger partial charge in [-0.1, -0.05) is 68.6 Å². The van der Waals surface area contributed by atoms with E-state index < -0.39 is 0 Å². The van der Waals surface area contributed by atoms with Crippen LogP contribution in [0.25, 0.3) is 11.4 Å². The second-order valence-corrected chi connectivity index (χ2v) is 6.47. The second-order valence-electron chi connectivity index (χ2n) is 4.20. The van der Waals surface area contributed by atoms with Gasteiger partial charge in [0.1, 0.15) is 0 Å². The standard InChI is InChI=1S/C16H17P.4ClH.Zr/c1-17(2)16(15-11-7-4-8-12-15)13-14-9-5-3-6-10-14;;;;;/h3-13H,1-2H3;4*1H;/q;;;;;+4/p-4. The molecule has 2 rings (SSSR count). The normalized spacial score (nSPS) is 9.14. The van der Waals surface area contributed by atoms with Gasteiger partial charge in [0.15, 0.2) is 0 Å². The van der Waals surface area contributed by atoms with Crippen LogP contribution >= 0.6 is 7.92 Å². The van der Waals surface area contributed by atoms with Gasteiger partial charge in [0.25, 0.3) is 0 Å². The van der Waals surface area contributed by atoms with E-state index in [1.165, 1.54) is 16.4 Å². The van der Waals surface area contributed by atoms with Gasteiger partial charge in [0.05, 0.1) is 0 Å². The van der Waals surface area contributed by atoms with Crippen molar-refractivity contribution in [3.63, 3.8) is 0 Å². The Kier molecular flexibility index (Phi) is 22.9. The first kappa shape index (κ1) is 30.5. The molecular weight excluding hydrogens is 456 g/mol. The topological polar surface area (TPSA) is 0 Å². The van der Waals surface area contributed by atoms with Gasteiger partial charge in [-0.2, -0.15) is 0 Å². The summed E-state index contributed by atoms with van der Waals surface area (Å²) in [5.41, 5.74) is 2.62. The summed E-state index contributed by atoms with van der Waals surface area (Å²) in [5.74, 6) is 0. The third-order valence-corrected chi connectivity index (χ3v) is 4.01. The van der Waals surface area contributed by atoms with Crippen LogP contribution in [0.3, 0.4) is 0 Å². The quantitative estimate of drug-likeness (QED) is 0.307. The van der Waals surface area contributed by atoms with Gasteiger partial charge < -0.3 is 49.6 Å². The molecule has 22 heavy (non-hydrogen) atoms. The molecule has 0 fully saturated rings. The first-order valence-electron chi connectivity index (χ1n) is 5.77. The van der Waals surface area contributed by atoms with E-state index in [1.807, 2.05) is 0 Å². The number of hydrogen-bond donors (Lipinski definition) is 0. The van der Waals surface area contributed by atoms with Crippen LogP contribution in [0.15, 0.2) is 60.7 Å². The number of benzene rings is 2. The summed E-state index contributed by atoms with van der Waals surface area (Å²) in [4.78, 5) is 0. The predicted octanol–water partition coefficient (Wildman–Crippen LogP) is -7.06. The molecule has 2 aromatic rings. The number of hydrogen-bond acceptors (Lipinski definition) is 0. The monoisotopic (exact) mass is 470 g/mol. The third-order valence-electron chi connectivity index (χ3n) is 2.65. The van der Waals surface area contributed by atoms with Crippen LogP contribution in [-0.4, -0.2) is 13.3 Å². The molecule has 6 heteroatoms. The fourth-order valence-electron chi connectivity index (χ4n) is 1.79. The Morgan fingerprint density at radius 2 is 1.14 bits per heavy atom. The zero-order valence-corrected chi connectivity index (χ0v) is 18.7. The molecule has 0 amide bonds. The molecule has 0 aromatic heterocycles. The molecular formula is C16H17Cl4PZr. The second kappa shape index (κ2) is 16.5. The molecule has 0 aliphatic rings. The maximum Gasteiger partial charge on any atom is 4.00 e. The fraction of sp³-hybridized carbons (Fsp3) is 0.125. The van der Waals surface area contributed by atoms with E-state index in [0.29, 0.717) is 0 Å². The first-order chi connectivity index (χ1) is 8.27. The third kappa shape index (κ3) is 9.72. The van der Waals surface area contributed by atoms with E-state index in [2.05, 4.69) is 80.1 Å². The summed E-state index contributed by atoms with van der Waals surface area (Å²) in [6.45, 7) is 4.61. The molecule has 0 unspecified atom stereocenters. The van der Waals surface area contributed by atoms with Crippen molar-refractivity contribution < 1.29 is 75.8 Å². The predicted molar refractivity (Wildman–Crippen MR) is 79.5 cm³/mol. The zero-order valence-electron chi connectivity index (χ0n) is 12.3. The summed E-state index contributed by atoms with van der Waals surface area (Å²) in [6.07, 6.45) is 2.31. The van der Waals surface area contributed by atoms with Crippen LogP contribution in [0.1, 0.15) is 11.1 Å². The van der Waals surface area contributed by atoms with Crippen molar-refractivity contribution in [2.24, 2.45) is 0 Å². The van der Waals surface area contributed by atoms with Crippen molar-refractivity contribution in [3.8, 4) is 0 Å². The number of rotatable bonds is 3. The molecule has 118 valence electrons. The molecule has 2 aromatic carbocycles. The molecule has 0 bridgehead atoms. The zero-order chi connectivity index (χ0) is 12.1. The molecule has 0 saturated carbocycles. The Bertz CT molecular complexity index is 504. The van der Waals surface area contributed by atoms with Gasteiger partial charge >= 0.3 is 26.2 Å². The van der Waals surface area contributed by atoms with Gasteiger partial charge in [-0.3, -0.25) is 0 Å². The van der Waals surface area contributed by atoms with Crippen molar-refractivity contribution >= 4 is 19.3 Å². The van der Waals surface area contributed by atoms with Crippen molar-refractivity contribution in [2.45, 2.75) is 0 Å². The molecule has 0 heterocycles. The van der Waals surface area contributed by atoms with Crippen LogP contribution < -0.4 is 49.6 Å². The van der Waals surface area contributed by atoms with Gasteiger partial charge in [-0.15, -0.1) is 0 Å². The van der Waals surface area contributed by atoms with Crippen LogP contribution in [-0.2, 0) is 26.2 Å². The maximum absolute atomic E-state index is 2.31. The summed E-state index contributed by atoms with van der Waals surface area (Å²) in [5, 5.41) is 1.45. The Balaban J connectivity index is -0.000000324. The van der Waals surface area contributed by atoms with Gasteiger partial charge in [-0.05, 0) is 35.8 Å². The van der Waals surface area contributed by atoms with E-state index in [1.54, 1.807) is 0 Å². The van der Waals surface area contributed by atoms with Gasteiger partial charge in [-0.25, -0.2) is 0 Å². The number of halogens is 4. The van der Waals surface area contributed by atoms with E-state index in [4.69, 9.17) is 0 Å². The van der Waals surface area contributed by atoms with Gasteiger partial charge in [0.2, 0.25) is 0 Å². The Morgan fingerprint density at radius 3 is 1.55 bits per heavy atom. The van der Waals surface area contributed by atoms with Gasteiger partial charge in [0, 0.05) is 0 Å². The Morgan fingerprint density at radius 1 is 0.727 bits per heavy atom. The van der Waals surface area contributed by atoms with Crippen molar-refractivity contribution in [1.29, 1.82) is 0 Å². The summed E-state index contributed by atoms with van der Waals surface area (Å²) >= 11 is 0. The van der Waals surface area contributed by atoms with Crippen LogP contribution in [0.4, 0.5) is 0 Å². The molecule has 0 spiro atoms. The maximum atomic E-state index is 2.31. The minimum absolute atomic E-state index is 0. The van der Waals surface area contributed by atoms with E-state index in [-0.39, 0.29) is 83.8 Å². The van der Waals surface area contributed by atoms with Crippen molar-refractivity contribution in [3.05, 3.63) is 71.8 Å². The van der Waals surface area contributed by atoms with Crippen LogP contribution in [0.5, 0.6) is 0 Å². The van der Waals surface area contributed by atoms with E-state index in [0.717, 1.165) is 0 Å². The first-order valence-corrected chi connectivity index (χ1v) is 8.00. The molecule has 0 atom stereocenters. The largest absolute Gasteiger partial charge is 4.00 e. The molecule has 0 aliphatic carbocycles. The minimum atomic E-state index is -0.103. The summed E-state index contributed by atoms with van der Waals surface area (Å²) < 4.78 is 0. The smallest absolute Gasteiger partial charge is 1.00 e. The Labute approximate surface area is 179 Å². The fourth-order valence-corrected chi connectivity index (χ4v) is 2.86. The summed E-state index contributed by atoms with van der Waals surface area (Å²) in [7, 11) is -0.103. The average Bonchev–Trinajstić information content (AvgIpc) is 2.38. The molecule has 0 N–H and O–H groups in total. The summed E-state index contributed by atoms with van der Waals surface area (Å²) in [6, 6.07) is 21.2.